The van der Waals surface area contributed by atoms with E-state index >= 15 is 0 Å². The van der Waals surface area contributed by atoms with E-state index in [1.807, 2.05) is 0 Å². The van der Waals surface area contributed by atoms with Gasteiger partial charge in [0.25, 0.3) is 0 Å². The van der Waals surface area contributed by atoms with Crippen LogP contribution in [0.15, 0.2) is 6.20 Å². The number of nitrogens with zero attached hydrogens (tertiary/aromatic N) is 1. The first-order valence-corrected chi connectivity index (χ1v) is 3.37. The lowest BCUT2D eigenvalue weighted by Crippen LogP contribution is -1.91. The maximum atomic E-state index is 12.5. The molecule has 0 bridgehead atoms. The molecule has 58 valence electrons. The zero-order valence-electron chi connectivity index (χ0n) is 5.14. The molecule has 0 spiro atoms. The zero-order chi connectivity index (χ0) is 8.43. The van der Waals surface area contributed by atoms with Gasteiger partial charge in [-0.2, -0.15) is 4.39 Å². The molecule has 0 aromatic carbocycles. The first-order valence-electron chi connectivity index (χ1n) is 2.61. The Hall–Kier alpha value is -0.670. The van der Waals surface area contributed by atoms with Crippen molar-refractivity contribution in [3.8, 4) is 0 Å². The van der Waals surface area contributed by atoms with Crippen LogP contribution in [0.2, 0.25) is 10.0 Å². The standard InChI is InChI=1S/C6H2Cl2FNO/c7-4-1-10-6(9)5(8)3(4)2-11/h1-2H. The van der Waals surface area contributed by atoms with Crippen molar-refractivity contribution in [1.29, 1.82) is 0 Å². The predicted molar refractivity (Wildman–Crippen MR) is 39.6 cm³/mol. The second-order valence-corrected chi connectivity index (χ2v) is 2.53. The second kappa shape index (κ2) is 3.15. The number of hydrogen-bond donors (Lipinski definition) is 0. The van der Waals surface area contributed by atoms with Crippen molar-refractivity contribution >= 4 is 29.5 Å². The summed E-state index contributed by atoms with van der Waals surface area (Å²) in [5, 5.41) is -0.293. The van der Waals surface area contributed by atoms with Crippen LogP contribution >= 0.6 is 23.2 Å². The third-order valence-corrected chi connectivity index (χ3v) is 1.74. The molecule has 5 heteroatoms. The molecule has 0 fully saturated rings. The summed E-state index contributed by atoms with van der Waals surface area (Å²) < 4.78 is 12.5. The summed E-state index contributed by atoms with van der Waals surface area (Å²) in [7, 11) is 0. The van der Waals surface area contributed by atoms with Crippen molar-refractivity contribution in [3.05, 3.63) is 27.8 Å². The van der Waals surface area contributed by atoms with Crippen LogP contribution in [0.1, 0.15) is 10.4 Å². The van der Waals surface area contributed by atoms with Crippen LogP contribution in [0.25, 0.3) is 0 Å². The third kappa shape index (κ3) is 1.49. The first-order chi connectivity index (χ1) is 5.16. The van der Waals surface area contributed by atoms with Gasteiger partial charge >= 0.3 is 0 Å². The Kier molecular flexibility index (Phi) is 2.42. The van der Waals surface area contributed by atoms with Gasteiger partial charge in [-0.1, -0.05) is 23.2 Å². The van der Waals surface area contributed by atoms with Crippen LogP contribution in [0.4, 0.5) is 4.39 Å². The van der Waals surface area contributed by atoms with Crippen LogP contribution in [0, 0.1) is 5.95 Å². The van der Waals surface area contributed by atoms with Gasteiger partial charge < -0.3 is 0 Å². The summed E-state index contributed by atoms with van der Waals surface area (Å²) in [6.45, 7) is 0. The van der Waals surface area contributed by atoms with Gasteiger partial charge in [-0.3, -0.25) is 4.79 Å². The van der Waals surface area contributed by atoms with E-state index in [1.54, 1.807) is 0 Å². The Morgan fingerprint density at radius 1 is 1.55 bits per heavy atom. The maximum Gasteiger partial charge on any atom is 0.232 e. The number of carbonyl (C=O) groups is 1. The van der Waals surface area contributed by atoms with Gasteiger partial charge in [-0.05, 0) is 0 Å². The van der Waals surface area contributed by atoms with Crippen molar-refractivity contribution in [2.45, 2.75) is 0 Å². The smallest absolute Gasteiger partial charge is 0.232 e. The molecular weight excluding hydrogens is 192 g/mol. The monoisotopic (exact) mass is 193 g/mol. The van der Waals surface area contributed by atoms with Gasteiger partial charge in [0.2, 0.25) is 5.95 Å². The molecule has 0 N–H and O–H groups in total. The van der Waals surface area contributed by atoms with Gasteiger partial charge in [0, 0.05) is 6.20 Å². The fraction of sp³-hybridized carbons (Fsp3) is 0. The van der Waals surface area contributed by atoms with Crippen LogP contribution < -0.4 is 0 Å². The molecule has 0 aliphatic heterocycles. The minimum atomic E-state index is -0.891. The molecule has 11 heavy (non-hydrogen) atoms. The maximum absolute atomic E-state index is 12.5. The average Bonchev–Trinajstić information content (AvgIpc) is 1.99. The SMILES string of the molecule is O=Cc1c(Cl)cnc(F)c1Cl. The van der Waals surface area contributed by atoms with Gasteiger partial charge in [0.15, 0.2) is 6.29 Å². The van der Waals surface area contributed by atoms with E-state index < -0.39 is 5.95 Å². The van der Waals surface area contributed by atoms with Crippen molar-refractivity contribution in [1.82, 2.24) is 4.98 Å². The van der Waals surface area contributed by atoms with E-state index in [1.165, 1.54) is 0 Å². The fourth-order valence-corrected chi connectivity index (χ4v) is 0.995. The van der Waals surface area contributed by atoms with Crippen molar-refractivity contribution < 1.29 is 9.18 Å². The van der Waals surface area contributed by atoms with Crippen LogP contribution in [0.5, 0.6) is 0 Å². The van der Waals surface area contributed by atoms with Gasteiger partial charge in [-0.25, -0.2) is 4.98 Å². The highest BCUT2D eigenvalue weighted by molar-refractivity contribution is 6.38. The molecule has 1 aromatic heterocycles. The first kappa shape index (κ1) is 8.43. The lowest BCUT2D eigenvalue weighted by molar-refractivity contribution is 0.112. The summed E-state index contributed by atoms with van der Waals surface area (Å²) in [5.74, 6) is -0.891. The Bertz CT molecular complexity index is 303. The van der Waals surface area contributed by atoms with E-state index in [4.69, 9.17) is 23.2 Å². The lowest BCUT2D eigenvalue weighted by Gasteiger charge is -1.97. The quantitative estimate of drug-likeness (QED) is 0.507. The topological polar surface area (TPSA) is 30.0 Å². The molecule has 0 aliphatic rings. The molecule has 2 nitrogen and oxygen atoms in total. The molecule has 0 aliphatic carbocycles. The fourth-order valence-electron chi connectivity index (χ4n) is 0.564. The predicted octanol–water partition coefficient (Wildman–Crippen LogP) is 2.34. The molecule has 0 amide bonds. The van der Waals surface area contributed by atoms with E-state index in [-0.39, 0.29) is 15.6 Å². The van der Waals surface area contributed by atoms with E-state index in [0.29, 0.717) is 6.29 Å². The van der Waals surface area contributed by atoms with Crippen molar-refractivity contribution in [2.24, 2.45) is 0 Å². The summed E-state index contributed by atoms with van der Waals surface area (Å²) >= 11 is 10.8. The molecule has 1 rings (SSSR count). The Morgan fingerprint density at radius 3 is 2.64 bits per heavy atom. The number of pyridine rings is 1. The number of hydrogen-bond acceptors (Lipinski definition) is 2. The van der Waals surface area contributed by atoms with Crippen LogP contribution in [0.3, 0.4) is 0 Å². The second-order valence-electron chi connectivity index (χ2n) is 1.74. The minimum Gasteiger partial charge on any atom is -0.298 e. The van der Waals surface area contributed by atoms with E-state index in [0.717, 1.165) is 6.20 Å². The highest BCUT2D eigenvalue weighted by Gasteiger charge is 2.10. The lowest BCUT2D eigenvalue weighted by atomic mass is 10.3. The van der Waals surface area contributed by atoms with Crippen LogP contribution in [-0.2, 0) is 0 Å². The van der Waals surface area contributed by atoms with E-state index in [2.05, 4.69) is 4.98 Å². The Morgan fingerprint density at radius 2 is 2.18 bits per heavy atom. The normalized spacial score (nSPS) is 9.73. The summed E-state index contributed by atoms with van der Waals surface area (Å²) in [5.41, 5.74) is -0.0687. The molecule has 0 saturated carbocycles. The average molecular weight is 194 g/mol. The van der Waals surface area contributed by atoms with Crippen molar-refractivity contribution in [3.63, 3.8) is 0 Å². The molecule has 0 unspecified atom stereocenters. The van der Waals surface area contributed by atoms with E-state index in [9.17, 15) is 9.18 Å². The molecular formula is C6H2Cl2FNO. The minimum absolute atomic E-state index is 0.0476. The Labute approximate surface area is 71.9 Å². The van der Waals surface area contributed by atoms with Gasteiger partial charge in [-0.15, -0.1) is 0 Å². The van der Waals surface area contributed by atoms with Crippen LogP contribution in [-0.4, -0.2) is 11.3 Å². The number of rotatable bonds is 1. The highest BCUT2D eigenvalue weighted by atomic mass is 35.5. The molecule has 1 heterocycles. The summed E-state index contributed by atoms with van der Waals surface area (Å²) in [4.78, 5) is 13.4. The van der Waals surface area contributed by atoms with Gasteiger partial charge in [0.1, 0.15) is 5.02 Å². The molecule has 1 aromatic rings. The molecule has 0 saturated heterocycles. The highest BCUT2D eigenvalue weighted by Crippen LogP contribution is 2.23. The zero-order valence-corrected chi connectivity index (χ0v) is 6.66. The largest absolute Gasteiger partial charge is 0.298 e. The van der Waals surface area contributed by atoms with Gasteiger partial charge in [0.05, 0.1) is 10.6 Å². The summed E-state index contributed by atoms with van der Waals surface area (Å²) in [6, 6.07) is 0. The molecule has 0 radical (unpaired) electrons. The van der Waals surface area contributed by atoms with Crippen molar-refractivity contribution in [2.75, 3.05) is 0 Å². The summed E-state index contributed by atoms with van der Waals surface area (Å²) in [6.07, 6.45) is 1.42. The Balaban J connectivity index is 3.40. The number of carbonyl (C=O) groups excluding carboxylic acids is 1. The number of aromatic nitrogens is 1. The molecule has 0 atom stereocenters. The third-order valence-electron chi connectivity index (χ3n) is 1.08. The number of aldehydes is 1. The number of halogens is 3.